The van der Waals surface area contributed by atoms with Gasteiger partial charge in [0, 0.05) is 19.2 Å². The van der Waals surface area contributed by atoms with Crippen LogP contribution in [0.5, 0.6) is 5.75 Å². The highest BCUT2D eigenvalue weighted by atomic mass is 16.5. The van der Waals surface area contributed by atoms with Crippen molar-refractivity contribution in [3.05, 3.63) is 29.8 Å². The van der Waals surface area contributed by atoms with Gasteiger partial charge in [0.25, 0.3) is 0 Å². The van der Waals surface area contributed by atoms with Gasteiger partial charge in [0.05, 0.1) is 19.4 Å². The van der Waals surface area contributed by atoms with Crippen molar-refractivity contribution in [2.45, 2.75) is 12.8 Å². The lowest BCUT2D eigenvalue weighted by Crippen LogP contribution is -2.30. The van der Waals surface area contributed by atoms with E-state index in [4.69, 9.17) is 9.84 Å². The molecule has 0 radical (unpaired) electrons. The van der Waals surface area contributed by atoms with Crippen molar-refractivity contribution >= 4 is 18.2 Å². The van der Waals surface area contributed by atoms with Gasteiger partial charge in [-0.25, -0.2) is 0 Å². The predicted octanol–water partition coefficient (Wildman–Crippen LogP) is 1.20. The molecule has 0 fully saturated rings. The van der Waals surface area contributed by atoms with Crippen LogP contribution in [0.25, 0.3) is 0 Å². The van der Waals surface area contributed by atoms with Gasteiger partial charge >= 0.3 is 5.97 Å². The summed E-state index contributed by atoms with van der Waals surface area (Å²) in [6, 6.07) is 6.57. The first-order chi connectivity index (χ1) is 9.52. The summed E-state index contributed by atoms with van der Waals surface area (Å²) < 4.78 is 5.37. The van der Waals surface area contributed by atoms with Crippen molar-refractivity contribution in [3.63, 3.8) is 0 Å². The quantitative estimate of drug-likeness (QED) is 0.723. The first-order valence-corrected chi connectivity index (χ1v) is 6.16. The second-order valence-corrected chi connectivity index (χ2v) is 4.24. The van der Waals surface area contributed by atoms with E-state index in [0.717, 1.165) is 6.29 Å². The third-order valence-electron chi connectivity index (χ3n) is 2.69. The van der Waals surface area contributed by atoms with E-state index in [2.05, 4.69) is 0 Å². The van der Waals surface area contributed by atoms with Gasteiger partial charge in [0.1, 0.15) is 12.0 Å². The number of aliphatic carboxylic acids is 1. The smallest absolute Gasteiger partial charge is 0.305 e. The SMILES string of the molecule is CN(CCC(=O)O)C(=O)CCOc1ccc(C=O)cc1. The molecule has 0 aliphatic rings. The number of carbonyl (C=O) groups excluding carboxylic acids is 2. The van der Waals surface area contributed by atoms with Crippen LogP contribution < -0.4 is 4.74 Å². The maximum Gasteiger partial charge on any atom is 0.305 e. The molecule has 0 spiro atoms. The maximum atomic E-state index is 11.7. The van der Waals surface area contributed by atoms with E-state index >= 15 is 0 Å². The summed E-state index contributed by atoms with van der Waals surface area (Å²) in [7, 11) is 1.56. The fourth-order valence-corrected chi connectivity index (χ4v) is 1.48. The molecule has 0 atom stereocenters. The largest absolute Gasteiger partial charge is 0.493 e. The van der Waals surface area contributed by atoms with Crippen LogP contribution in [0.15, 0.2) is 24.3 Å². The molecule has 0 aliphatic carbocycles. The van der Waals surface area contributed by atoms with Crippen molar-refractivity contribution in [1.82, 2.24) is 4.90 Å². The molecule has 0 saturated carbocycles. The Morgan fingerprint density at radius 2 is 1.90 bits per heavy atom. The summed E-state index contributed by atoms with van der Waals surface area (Å²) in [5.74, 6) is -0.525. The second kappa shape index (κ2) is 7.93. The number of aldehydes is 1. The molecule has 1 amide bonds. The van der Waals surface area contributed by atoms with E-state index in [1.54, 1.807) is 31.3 Å². The highest BCUT2D eigenvalue weighted by molar-refractivity contribution is 5.77. The lowest BCUT2D eigenvalue weighted by Gasteiger charge is -2.16. The number of carbonyl (C=O) groups is 3. The third-order valence-corrected chi connectivity index (χ3v) is 2.69. The number of amides is 1. The number of hydrogen-bond donors (Lipinski definition) is 1. The summed E-state index contributed by atoms with van der Waals surface area (Å²) in [6.07, 6.45) is 0.840. The molecule has 1 rings (SSSR count). The highest BCUT2D eigenvalue weighted by Gasteiger charge is 2.10. The van der Waals surface area contributed by atoms with Gasteiger partial charge in [0.2, 0.25) is 5.91 Å². The second-order valence-electron chi connectivity index (χ2n) is 4.24. The Hall–Kier alpha value is -2.37. The van der Waals surface area contributed by atoms with E-state index in [9.17, 15) is 14.4 Å². The molecule has 1 aromatic rings. The molecular weight excluding hydrogens is 262 g/mol. The first-order valence-electron chi connectivity index (χ1n) is 6.16. The van der Waals surface area contributed by atoms with Crippen LogP contribution in [0, 0.1) is 0 Å². The third kappa shape index (κ3) is 5.51. The van der Waals surface area contributed by atoms with E-state index in [-0.39, 0.29) is 31.9 Å². The molecule has 0 aromatic heterocycles. The molecule has 20 heavy (non-hydrogen) atoms. The highest BCUT2D eigenvalue weighted by Crippen LogP contribution is 2.11. The number of nitrogens with zero attached hydrogens (tertiary/aromatic N) is 1. The zero-order chi connectivity index (χ0) is 15.0. The molecule has 0 heterocycles. The molecular formula is C14H17NO5. The summed E-state index contributed by atoms with van der Waals surface area (Å²) in [5, 5.41) is 8.52. The van der Waals surface area contributed by atoms with E-state index in [1.165, 1.54) is 4.90 Å². The monoisotopic (exact) mass is 279 g/mol. The minimum absolute atomic E-state index is 0.0732. The van der Waals surface area contributed by atoms with Crippen LogP contribution in [0.1, 0.15) is 23.2 Å². The average Bonchev–Trinajstić information content (AvgIpc) is 2.45. The molecule has 0 unspecified atom stereocenters. The normalized spacial score (nSPS) is 9.85. The zero-order valence-corrected chi connectivity index (χ0v) is 11.2. The lowest BCUT2D eigenvalue weighted by atomic mass is 10.2. The molecule has 0 saturated heterocycles. The number of carboxylic acid groups (broad SMARTS) is 1. The Bertz CT molecular complexity index is 469. The van der Waals surface area contributed by atoms with Crippen LogP contribution >= 0.6 is 0 Å². The molecule has 108 valence electrons. The van der Waals surface area contributed by atoms with Gasteiger partial charge in [-0.1, -0.05) is 0 Å². The zero-order valence-electron chi connectivity index (χ0n) is 11.2. The van der Waals surface area contributed by atoms with Crippen molar-refractivity contribution < 1.29 is 24.2 Å². The van der Waals surface area contributed by atoms with Crippen molar-refractivity contribution in [2.75, 3.05) is 20.2 Å². The fourth-order valence-electron chi connectivity index (χ4n) is 1.48. The van der Waals surface area contributed by atoms with Crippen LogP contribution in [0.2, 0.25) is 0 Å². The van der Waals surface area contributed by atoms with Crippen molar-refractivity contribution in [2.24, 2.45) is 0 Å². The summed E-state index contributed by atoms with van der Waals surface area (Å²) >= 11 is 0. The van der Waals surface area contributed by atoms with Crippen molar-refractivity contribution in [3.8, 4) is 5.75 Å². The van der Waals surface area contributed by atoms with Gasteiger partial charge in [0.15, 0.2) is 0 Å². The fraction of sp³-hybridized carbons (Fsp3) is 0.357. The van der Waals surface area contributed by atoms with Crippen LogP contribution in [0.3, 0.4) is 0 Å². The molecule has 0 aliphatic heterocycles. The molecule has 6 heteroatoms. The minimum Gasteiger partial charge on any atom is -0.493 e. The lowest BCUT2D eigenvalue weighted by molar-refractivity contribution is -0.138. The van der Waals surface area contributed by atoms with E-state index in [1.807, 2.05) is 0 Å². The Balaban J connectivity index is 2.30. The Kier molecular flexibility index (Phi) is 6.22. The van der Waals surface area contributed by atoms with Crippen molar-refractivity contribution in [1.29, 1.82) is 0 Å². The van der Waals surface area contributed by atoms with Gasteiger partial charge in [-0.05, 0) is 24.3 Å². The Morgan fingerprint density at radius 1 is 1.25 bits per heavy atom. The number of carboxylic acids is 1. The van der Waals surface area contributed by atoms with Crippen LogP contribution in [-0.2, 0) is 9.59 Å². The number of rotatable bonds is 8. The van der Waals surface area contributed by atoms with Gasteiger partial charge in [-0.15, -0.1) is 0 Å². The van der Waals surface area contributed by atoms with E-state index in [0.29, 0.717) is 11.3 Å². The average molecular weight is 279 g/mol. The standard InChI is InChI=1S/C14H17NO5/c1-15(8-6-14(18)19)13(17)7-9-20-12-4-2-11(10-16)3-5-12/h2-5,10H,6-9H2,1H3,(H,18,19). The molecule has 1 aromatic carbocycles. The summed E-state index contributed by atoms with van der Waals surface area (Å²) in [6.45, 7) is 0.388. The number of ether oxygens (including phenoxy) is 1. The summed E-state index contributed by atoms with van der Waals surface area (Å²) in [5.41, 5.74) is 0.557. The van der Waals surface area contributed by atoms with Crippen LogP contribution in [-0.4, -0.2) is 48.4 Å². The van der Waals surface area contributed by atoms with E-state index < -0.39 is 5.97 Å². The van der Waals surface area contributed by atoms with Gasteiger partial charge in [-0.3, -0.25) is 14.4 Å². The first kappa shape index (κ1) is 15.7. The molecule has 1 N–H and O–H groups in total. The van der Waals surface area contributed by atoms with Gasteiger partial charge in [-0.2, -0.15) is 0 Å². The van der Waals surface area contributed by atoms with Gasteiger partial charge < -0.3 is 14.7 Å². The predicted molar refractivity (Wildman–Crippen MR) is 71.8 cm³/mol. The number of benzene rings is 1. The Labute approximate surface area is 117 Å². The maximum absolute atomic E-state index is 11.7. The minimum atomic E-state index is -0.934. The molecule has 0 bridgehead atoms. The number of hydrogen-bond acceptors (Lipinski definition) is 4. The Morgan fingerprint density at radius 3 is 2.45 bits per heavy atom. The molecule has 6 nitrogen and oxygen atoms in total. The van der Waals surface area contributed by atoms with Crippen LogP contribution in [0.4, 0.5) is 0 Å². The summed E-state index contributed by atoms with van der Waals surface area (Å²) in [4.78, 5) is 33.9. The topological polar surface area (TPSA) is 83.9 Å².